The van der Waals surface area contributed by atoms with E-state index in [4.69, 9.17) is 4.74 Å². The van der Waals surface area contributed by atoms with Gasteiger partial charge in [0.1, 0.15) is 0 Å². The zero-order valence-corrected chi connectivity index (χ0v) is 7.25. The molecule has 0 aliphatic carbocycles. The van der Waals surface area contributed by atoms with Crippen molar-refractivity contribution in [2.24, 2.45) is 0 Å². The molecule has 1 N–H and O–H groups in total. The van der Waals surface area contributed by atoms with Crippen LogP contribution in [0.3, 0.4) is 0 Å². The summed E-state index contributed by atoms with van der Waals surface area (Å²) in [4.78, 5) is 0. The Balaban J connectivity index is 2.02. The molecule has 60 valence electrons. The van der Waals surface area contributed by atoms with Gasteiger partial charge in [0.25, 0.3) is 0 Å². The highest BCUT2D eigenvalue weighted by molar-refractivity contribution is 7.98. The lowest BCUT2D eigenvalue weighted by Crippen LogP contribution is -2.32. The van der Waals surface area contributed by atoms with E-state index in [1.54, 1.807) is 11.8 Å². The van der Waals surface area contributed by atoms with Gasteiger partial charge < -0.3 is 10.1 Å². The highest BCUT2D eigenvalue weighted by atomic mass is 32.2. The minimum atomic E-state index is 0.522. The standard InChI is InChI=1S/C7H15NOS/c1-10-6-9-7-2-4-8-5-3-7/h7-8H,2-6H2,1H3. The number of ether oxygens (including phenoxy) is 1. The Labute approximate surface area is 66.7 Å². The lowest BCUT2D eigenvalue weighted by molar-refractivity contribution is 0.0657. The van der Waals surface area contributed by atoms with Crippen LogP contribution in [0, 0.1) is 0 Å². The van der Waals surface area contributed by atoms with Crippen molar-refractivity contribution in [3.8, 4) is 0 Å². The van der Waals surface area contributed by atoms with Crippen molar-refractivity contribution in [2.45, 2.75) is 18.9 Å². The summed E-state index contributed by atoms with van der Waals surface area (Å²) in [6, 6.07) is 0. The molecule has 0 saturated carbocycles. The monoisotopic (exact) mass is 161 g/mol. The average Bonchev–Trinajstić information content (AvgIpc) is 2.03. The van der Waals surface area contributed by atoms with Crippen LogP contribution in [0.15, 0.2) is 0 Å². The summed E-state index contributed by atoms with van der Waals surface area (Å²) < 4.78 is 5.56. The first kappa shape index (κ1) is 8.37. The molecule has 0 atom stereocenters. The van der Waals surface area contributed by atoms with Gasteiger partial charge in [-0.2, -0.15) is 0 Å². The number of piperidine rings is 1. The van der Waals surface area contributed by atoms with Crippen molar-refractivity contribution >= 4 is 11.8 Å². The second-order valence-electron chi connectivity index (χ2n) is 2.52. The van der Waals surface area contributed by atoms with Gasteiger partial charge in [0, 0.05) is 0 Å². The van der Waals surface area contributed by atoms with Crippen LogP contribution >= 0.6 is 11.8 Å². The van der Waals surface area contributed by atoms with Crippen molar-refractivity contribution in [3.63, 3.8) is 0 Å². The van der Waals surface area contributed by atoms with E-state index in [-0.39, 0.29) is 0 Å². The average molecular weight is 161 g/mol. The normalized spacial score (nSPS) is 21.3. The number of rotatable bonds is 3. The zero-order valence-electron chi connectivity index (χ0n) is 6.43. The molecule has 1 saturated heterocycles. The SMILES string of the molecule is CSCOC1CCNCC1. The lowest BCUT2D eigenvalue weighted by atomic mass is 10.1. The first-order valence-corrected chi connectivity index (χ1v) is 5.14. The summed E-state index contributed by atoms with van der Waals surface area (Å²) in [7, 11) is 0. The molecule has 0 bridgehead atoms. The van der Waals surface area contributed by atoms with Gasteiger partial charge >= 0.3 is 0 Å². The molecule has 1 heterocycles. The quantitative estimate of drug-likeness (QED) is 0.626. The van der Waals surface area contributed by atoms with E-state index in [9.17, 15) is 0 Å². The lowest BCUT2D eigenvalue weighted by Gasteiger charge is -2.22. The Kier molecular flexibility index (Phi) is 4.18. The topological polar surface area (TPSA) is 21.3 Å². The van der Waals surface area contributed by atoms with Gasteiger partial charge in [-0.25, -0.2) is 0 Å². The smallest absolute Gasteiger partial charge is 0.0921 e. The Morgan fingerprint density at radius 2 is 2.20 bits per heavy atom. The molecule has 1 aliphatic heterocycles. The summed E-state index contributed by atoms with van der Waals surface area (Å²) in [5, 5.41) is 3.30. The molecule has 0 amide bonds. The minimum absolute atomic E-state index is 0.522. The number of thioether (sulfide) groups is 1. The predicted molar refractivity (Wildman–Crippen MR) is 45.4 cm³/mol. The summed E-state index contributed by atoms with van der Waals surface area (Å²) >= 11 is 1.75. The van der Waals surface area contributed by atoms with E-state index in [2.05, 4.69) is 11.6 Å². The van der Waals surface area contributed by atoms with Crippen LogP contribution in [0.1, 0.15) is 12.8 Å². The first-order valence-electron chi connectivity index (χ1n) is 3.74. The maximum absolute atomic E-state index is 5.56. The Bertz CT molecular complexity index is 83.7. The molecule has 3 heteroatoms. The third-order valence-corrected chi connectivity index (χ3v) is 2.08. The molecular weight excluding hydrogens is 146 g/mol. The molecule has 2 nitrogen and oxygen atoms in total. The van der Waals surface area contributed by atoms with Crippen molar-refractivity contribution < 1.29 is 4.74 Å². The molecule has 1 aliphatic rings. The fourth-order valence-corrected chi connectivity index (χ4v) is 1.45. The van der Waals surface area contributed by atoms with Crippen molar-refractivity contribution in [1.82, 2.24) is 5.32 Å². The van der Waals surface area contributed by atoms with Gasteiger partial charge in [-0.1, -0.05) is 0 Å². The Morgan fingerprint density at radius 3 is 2.80 bits per heavy atom. The second-order valence-corrected chi connectivity index (χ2v) is 3.34. The summed E-state index contributed by atoms with van der Waals surface area (Å²) in [6.07, 6.45) is 4.95. The third-order valence-electron chi connectivity index (χ3n) is 1.71. The molecule has 0 radical (unpaired) electrons. The van der Waals surface area contributed by atoms with Gasteiger partial charge in [-0.05, 0) is 32.2 Å². The van der Waals surface area contributed by atoms with Gasteiger partial charge in [-0.3, -0.25) is 0 Å². The van der Waals surface area contributed by atoms with E-state index in [1.807, 2.05) is 0 Å². The summed E-state index contributed by atoms with van der Waals surface area (Å²) in [6.45, 7) is 2.25. The van der Waals surface area contributed by atoms with Crippen molar-refractivity contribution in [3.05, 3.63) is 0 Å². The van der Waals surface area contributed by atoms with E-state index >= 15 is 0 Å². The van der Waals surface area contributed by atoms with E-state index < -0.39 is 0 Å². The molecule has 0 aromatic carbocycles. The Morgan fingerprint density at radius 1 is 1.50 bits per heavy atom. The highest BCUT2D eigenvalue weighted by Crippen LogP contribution is 2.08. The first-order chi connectivity index (χ1) is 4.93. The Hall–Kier alpha value is 0.270. The van der Waals surface area contributed by atoms with Crippen LogP contribution in [0.25, 0.3) is 0 Å². The fraction of sp³-hybridized carbons (Fsp3) is 1.00. The fourth-order valence-electron chi connectivity index (χ4n) is 1.13. The molecular formula is C7H15NOS. The summed E-state index contributed by atoms with van der Waals surface area (Å²) in [5.41, 5.74) is 0. The van der Waals surface area contributed by atoms with Crippen LogP contribution in [0.5, 0.6) is 0 Å². The molecule has 1 rings (SSSR count). The van der Waals surface area contributed by atoms with E-state index in [1.165, 1.54) is 12.8 Å². The van der Waals surface area contributed by atoms with Crippen molar-refractivity contribution in [1.29, 1.82) is 0 Å². The van der Waals surface area contributed by atoms with E-state index in [0.29, 0.717) is 6.10 Å². The predicted octanol–water partition coefficient (Wildman–Crippen LogP) is 1.08. The summed E-state index contributed by atoms with van der Waals surface area (Å²) in [5.74, 6) is 0.852. The molecule has 0 spiro atoms. The van der Waals surface area contributed by atoms with Crippen LogP contribution in [0.4, 0.5) is 0 Å². The van der Waals surface area contributed by atoms with Crippen LogP contribution < -0.4 is 5.32 Å². The van der Waals surface area contributed by atoms with Crippen LogP contribution in [-0.2, 0) is 4.74 Å². The maximum Gasteiger partial charge on any atom is 0.0921 e. The molecule has 0 aromatic rings. The minimum Gasteiger partial charge on any atom is -0.368 e. The van der Waals surface area contributed by atoms with Crippen LogP contribution in [-0.4, -0.2) is 31.4 Å². The molecule has 0 aromatic heterocycles. The second kappa shape index (κ2) is 4.99. The largest absolute Gasteiger partial charge is 0.368 e. The molecule has 1 fully saturated rings. The molecule has 0 unspecified atom stereocenters. The number of hydrogen-bond acceptors (Lipinski definition) is 3. The third kappa shape index (κ3) is 2.90. The maximum atomic E-state index is 5.56. The number of hydrogen-bond donors (Lipinski definition) is 1. The van der Waals surface area contributed by atoms with Gasteiger partial charge in [0.05, 0.1) is 12.0 Å². The highest BCUT2D eigenvalue weighted by Gasteiger charge is 2.11. The number of nitrogens with one attached hydrogen (secondary N) is 1. The van der Waals surface area contributed by atoms with Gasteiger partial charge in [0.2, 0.25) is 0 Å². The van der Waals surface area contributed by atoms with E-state index in [0.717, 1.165) is 19.0 Å². The van der Waals surface area contributed by atoms with Gasteiger partial charge in [-0.15, -0.1) is 11.8 Å². The van der Waals surface area contributed by atoms with Crippen LogP contribution in [0.2, 0.25) is 0 Å². The zero-order chi connectivity index (χ0) is 7.23. The molecule has 10 heavy (non-hydrogen) atoms. The van der Waals surface area contributed by atoms with Crippen molar-refractivity contribution in [2.75, 3.05) is 25.3 Å². The van der Waals surface area contributed by atoms with Gasteiger partial charge in [0.15, 0.2) is 0 Å².